The van der Waals surface area contributed by atoms with Gasteiger partial charge in [0.05, 0.1) is 17.8 Å². The topological polar surface area (TPSA) is 72.4 Å². The molecule has 1 saturated carbocycles. The quantitative estimate of drug-likeness (QED) is 0.643. The highest BCUT2D eigenvalue weighted by Gasteiger charge is 2.27. The van der Waals surface area contributed by atoms with Gasteiger partial charge in [-0.25, -0.2) is 4.39 Å². The number of ether oxygens (including phenoxy) is 1. The predicted octanol–water partition coefficient (Wildman–Crippen LogP) is 3.47. The minimum absolute atomic E-state index is 0.0189. The highest BCUT2D eigenvalue weighted by Crippen LogP contribution is 2.37. The van der Waals surface area contributed by atoms with Crippen LogP contribution in [0.1, 0.15) is 50.1 Å². The number of nitrogens with one attached hydrogen (secondary N) is 2. The van der Waals surface area contributed by atoms with E-state index in [0.29, 0.717) is 6.54 Å². The summed E-state index contributed by atoms with van der Waals surface area (Å²) in [6.45, 7) is 0.715. The predicted molar refractivity (Wildman–Crippen MR) is 118 cm³/mol. The molecule has 0 radical (unpaired) electrons. The summed E-state index contributed by atoms with van der Waals surface area (Å²) in [5.74, 6) is 0.000635. The van der Waals surface area contributed by atoms with Gasteiger partial charge < -0.3 is 19.9 Å². The summed E-state index contributed by atoms with van der Waals surface area (Å²) in [6, 6.07) is 9.68. The smallest absolute Gasteiger partial charge is 0.251 e. The lowest BCUT2D eigenvalue weighted by Crippen LogP contribution is -2.28. The van der Waals surface area contributed by atoms with Crippen molar-refractivity contribution in [2.45, 2.75) is 56.7 Å². The molecule has 1 unspecified atom stereocenters. The van der Waals surface area contributed by atoms with Crippen LogP contribution in [0.25, 0.3) is 0 Å². The van der Waals surface area contributed by atoms with Crippen molar-refractivity contribution in [1.82, 2.24) is 9.88 Å². The van der Waals surface area contributed by atoms with E-state index in [1.807, 2.05) is 6.07 Å². The molecule has 1 aliphatic carbocycles. The number of anilines is 1. The van der Waals surface area contributed by atoms with Crippen LogP contribution in [0.15, 0.2) is 47.4 Å². The van der Waals surface area contributed by atoms with Gasteiger partial charge in [-0.3, -0.25) is 9.59 Å². The molecular weight excluding hydrogens is 397 g/mol. The first-order chi connectivity index (χ1) is 15.0. The summed E-state index contributed by atoms with van der Waals surface area (Å²) in [5, 5.41) is 5.99. The molecule has 2 aromatic rings. The van der Waals surface area contributed by atoms with E-state index in [-0.39, 0.29) is 41.8 Å². The van der Waals surface area contributed by atoms with E-state index in [1.165, 1.54) is 25.0 Å². The Morgan fingerprint density at radius 3 is 2.87 bits per heavy atom. The number of aromatic nitrogens is 1. The van der Waals surface area contributed by atoms with E-state index in [2.05, 4.69) is 10.6 Å². The third-order valence-corrected chi connectivity index (χ3v) is 6.33. The highest BCUT2D eigenvalue weighted by atomic mass is 19.1. The molecular formula is C24H30FN3O3. The highest BCUT2D eigenvalue weighted by molar-refractivity contribution is 5.91. The molecule has 31 heavy (non-hydrogen) atoms. The van der Waals surface area contributed by atoms with Crippen LogP contribution in [0.2, 0.25) is 0 Å². The Bertz CT molecular complexity index is 973. The van der Waals surface area contributed by atoms with Crippen LogP contribution in [0.3, 0.4) is 0 Å². The lowest BCUT2D eigenvalue weighted by Gasteiger charge is -2.21. The summed E-state index contributed by atoms with van der Waals surface area (Å²) in [6.07, 6.45) is 7.20. The van der Waals surface area contributed by atoms with Crippen molar-refractivity contribution in [2.24, 2.45) is 5.92 Å². The standard InChI is InChI=1S/C24H30FN3O3/c1-31-19-13-18(26-15-19)14-23(29)27-21-12-17(8-9-20(21)25)22(10-7-16-5-6-16)28-11-3-2-4-24(28)30/h2-4,8-9,11-12,16,18-19,22,26H,5-7,10,13-15H2,1H3,(H,27,29)/t18-,19-,22?/m1/s1. The van der Waals surface area contributed by atoms with Gasteiger partial charge in [0.2, 0.25) is 5.91 Å². The minimum Gasteiger partial charge on any atom is -0.380 e. The first-order valence-electron chi connectivity index (χ1n) is 11.1. The first kappa shape index (κ1) is 21.7. The Morgan fingerprint density at radius 1 is 1.32 bits per heavy atom. The third-order valence-electron chi connectivity index (χ3n) is 6.33. The Kier molecular flexibility index (Phi) is 6.83. The molecule has 1 aliphatic heterocycles. The zero-order valence-electron chi connectivity index (χ0n) is 17.9. The number of hydrogen-bond acceptors (Lipinski definition) is 4. The Labute approximate surface area is 181 Å². The molecule has 0 bridgehead atoms. The monoisotopic (exact) mass is 427 g/mol. The fraction of sp³-hybridized carbons (Fsp3) is 0.500. The molecule has 2 fully saturated rings. The molecule has 7 heteroatoms. The van der Waals surface area contributed by atoms with Crippen LogP contribution in [0, 0.1) is 11.7 Å². The van der Waals surface area contributed by atoms with Gasteiger partial charge in [0.25, 0.3) is 5.56 Å². The lowest BCUT2D eigenvalue weighted by molar-refractivity contribution is -0.116. The number of carbonyl (C=O) groups excluding carboxylic acids is 1. The van der Waals surface area contributed by atoms with Crippen LogP contribution in [0.4, 0.5) is 10.1 Å². The fourth-order valence-electron chi connectivity index (χ4n) is 4.35. The number of pyridine rings is 1. The zero-order valence-corrected chi connectivity index (χ0v) is 17.9. The van der Waals surface area contributed by atoms with Gasteiger partial charge in [-0.2, -0.15) is 0 Å². The van der Waals surface area contributed by atoms with Crippen LogP contribution in [0.5, 0.6) is 0 Å². The second kappa shape index (κ2) is 9.75. The van der Waals surface area contributed by atoms with Gasteiger partial charge >= 0.3 is 0 Å². The van der Waals surface area contributed by atoms with E-state index in [4.69, 9.17) is 4.74 Å². The number of amides is 1. The van der Waals surface area contributed by atoms with Gasteiger partial charge in [-0.1, -0.05) is 25.0 Å². The molecule has 1 aromatic carbocycles. The van der Waals surface area contributed by atoms with Crippen LogP contribution >= 0.6 is 0 Å². The molecule has 1 aromatic heterocycles. The normalized spacial score (nSPS) is 21.7. The number of benzene rings is 1. The zero-order chi connectivity index (χ0) is 21.8. The molecule has 166 valence electrons. The third kappa shape index (κ3) is 5.60. The van der Waals surface area contributed by atoms with Crippen molar-refractivity contribution >= 4 is 11.6 Å². The van der Waals surface area contributed by atoms with Crippen LogP contribution in [-0.2, 0) is 9.53 Å². The Hall–Kier alpha value is -2.51. The lowest BCUT2D eigenvalue weighted by atomic mass is 9.99. The van der Waals surface area contributed by atoms with E-state index in [0.717, 1.165) is 30.7 Å². The maximum atomic E-state index is 14.5. The molecule has 2 N–H and O–H groups in total. The van der Waals surface area contributed by atoms with Crippen molar-refractivity contribution in [2.75, 3.05) is 19.0 Å². The second-order valence-electron chi connectivity index (χ2n) is 8.67. The number of nitrogens with zero attached hydrogens (tertiary/aromatic N) is 1. The number of hydrogen-bond donors (Lipinski definition) is 2. The van der Waals surface area contributed by atoms with E-state index >= 15 is 0 Å². The van der Waals surface area contributed by atoms with Gasteiger partial charge in [0.1, 0.15) is 5.82 Å². The Morgan fingerprint density at radius 2 is 2.16 bits per heavy atom. The van der Waals surface area contributed by atoms with Crippen molar-refractivity contribution in [3.05, 3.63) is 64.3 Å². The maximum Gasteiger partial charge on any atom is 0.251 e. The van der Waals surface area contributed by atoms with E-state index < -0.39 is 5.82 Å². The average molecular weight is 428 g/mol. The Balaban J connectivity index is 1.51. The van der Waals surface area contributed by atoms with E-state index in [1.54, 1.807) is 36.1 Å². The van der Waals surface area contributed by atoms with Gasteiger partial charge in [-0.05, 0) is 48.9 Å². The van der Waals surface area contributed by atoms with Crippen molar-refractivity contribution < 1.29 is 13.9 Å². The van der Waals surface area contributed by atoms with Crippen molar-refractivity contribution in [3.63, 3.8) is 0 Å². The SMILES string of the molecule is CO[C@H]1CN[C@@H](CC(=O)Nc2cc(C(CCC3CC3)n3ccccc3=O)ccc2F)C1. The molecule has 2 aliphatic rings. The van der Waals surface area contributed by atoms with E-state index in [9.17, 15) is 14.0 Å². The number of halogens is 1. The largest absolute Gasteiger partial charge is 0.380 e. The molecule has 4 rings (SSSR count). The molecule has 3 atom stereocenters. The van der Waals surface area contributed by atoms with Gasteiger partial charge in [0, 0.05) is 38.4 Å². The summed E-state index contributed by atoms with van der Waals surface area (Å²) >= 11 is 0. The second-order valence-corrected chi connectivity index (χ2v) is 8.67. The van der Waals surface area contributed by atoms with Crippen LogP contribution in [-0.4, -0.2) is 36.3 Å². The van der Waals surface area contributed by atoms with Gasteiger partial charge in [0.15, 0.2) is 0 Å². The van der Waals surface area contributed by atoms with Crippen molar-refractivity contribution in [3.8, 4) is 0 Å². The fourth-order valence-corrected chi connectivity index (χ4v) is 4.35. The van der Waals surface area contributed by atoms with Gasteiger partial charge in [-0.15, -0.1) is 0 Å². The number of methoxy groups -OCH3 is 1. The summed E-state index contributed by atoms with van der Waals surface area (Å²) in [7, 11) is 1.66. The van der Waals surface area contributed by atoms with Crippen LogP contribution < -0.4 is 16.2 Å². The minimum atomic E-state index is -0.479. The summed E-state index contributed by atoms with van der Waals surface area (Å²) in [4.78, 5) is 25.0. The van der Waals surface area contributed by atoms with Crippen molar-refractivity contribution in [1.29, 1.82) is 0 Å². The molecule has 1 amide bonds. The summed E-state index contributed by atoms with van der Waals surface area (Å²) in [5.41, 5.74) is 0.895. The maximum absolute atomic E-state index is 14.5. The molecule has 6 nitrogen and oxygen atoms in total. The molecule has 0 spiro atoms. The number of carbonyl (C=O) groups is 1. The summed E-state index contributed by atoms with van der Waals surface area (Å²) < 4.78 is 21.5. The first-order valence-corrected chi connectivity index (χ1v) is 11.1. The molecule has 1 saturated heterocycles. The number of rotatable bonds is 9. The molecule has 2 heterocycles. The average Bonchev–Trinajstić information content (AvgIpc) is 3.48.